The highest BCUT2D eigenvalue weighted by molar-refractivity contribution is 5.38. The zero-order valence-electron chi connectivity index (χ0n) is 12.7. The number of aromatic nitrogens is 1. The van der Waals surface area contributed by atoms with E-state index in [2.05, 4.69) is 23.3 Å². The van der Waals surface area contributed by atoms with Crippen molar-refractivity contribution in [1.29, 1.82) is 0 Å². The van der Waals surface area contributed by atoms with Crippen LogP contribution in [-0.2, 0) is 6.54 Å². The van der Waals surface area contributed by atoms with Crippen LogP contribution in [0.25, 0.3) is 0 Å². The van der Waals surface area contributed by atoms with Crippen molar-refractivity contribution in [3.63, 3.8) is 0 Å². The molecule has 1 aromatic carbocycles. The van der Waals surface area contributed by atoms with Crippen LogP contribution in [0.5, 0.6) is 11.6 Å². The van der Waals surface area contributed by atoms with Gasteiger partial charge in [-0.15, -0.1) is 0 Å². The highest BCUT2D eigenvalue weighted by Gasteiger charge is 2.07. The van der Waals surface area contributed by atoms with Gasteiger partial charge < -0.3 is 10.1 Å². The van der Waals surface area contributed by atoms with E-state index in [1.807, 2.05) is 20.0 Å². The van der Waals surface area contributed by atoms with Crippen LogP contribution in [0.4, 0.5) is 4.39 Å². The van der Waals surface area contributed by atoms with Gasteiger partial charge in [0.15, 0.2) is 0 Å². The Balaban J connectivity index is 2.10. The molecule has 0 saturated heterocycles. The maximum atomic E-state index is 13.1. The first kappa shape index (κ1) is 15.4. The first-order valence-corrected chi connectivity index (χ1v) is 7.20. The van der Waals surface area contributed by atoms with E-state index < -0.39 is 0 Å². The summed E-state index contributed by atoms with van der Waals surface area (Å²) in [7, 11) is 0. The molecule has 21 heavy (non-hydrogen) atoms. The van der Waals surface area contributed by atoms with Gasteiger partial charge in [0.1, 0.15) is 11.6 Å². The minimum atomic E-state index is -0.262. The lowest BCUT2D eigenvalue weighted by Gasteiger charge is -2.11. The van der Waals surface area contributed by atoms with Gasteiger partial charge in [-0.25, -0.2) is 9.37 Å². The predicted octanol–water partition coefficient (Wildman–Crippen LogP) is 4.13. The molecule has 1 N–H and O–H groups in total. The average Bonchev–Trinajstić information content (AvgIpc) is 2.44. The molecule has 0 bridgehead atoms. The Morgan fingerprint density at radius 1 is 1.19 bits per heavy atom. The number of pyridine rings is 1. The molecule has 1 heterocycles. The van der Waals surface area contributed by atoms with Gasteiger partial charge in [-0.3, -0.25) is 0 Å². The van der Waals surface area contributed by atoms with Crippen LogP contribution < -0.4 is 10.1 Å². The Hall–Kier alpha value is -1.94. The van der Waals surface area contributed by atoms with Crippen molar-refractivity contribution in [2.75, 3.05) is 6.54 Å². The van der Waals surface area contributed by atoms with E-state index in [1.165, 1.54) is 12.1 Å². The lowest BCUT2D eigenvalue weighted by atomic mass is 10.2. The van der Waals surface area contributed by atoms with Crippen LogP contribution in [0, 0.1) is 19.7 Å². The van der Waals surface area contributed by atoms with E-state index in [1.54, 1.807) is 6.07 Å². The molecule has 0 radical (unpaired) electrons. The summed E-state index contributed by atoms with van der Waals surface area (Å²) in [5.74, 6) is 0.926. The Morgan fingerprint density at radius 2 is 2.00 bits per heavy atom. The number of hydrogen-bond acceptors (Lipinski definition) is 3. The summed E-state index contributed by atoms with van der Waals surface area (Å²) in [5, 5.41) is 3.34. The van der Waals surface area contributed by atoms with E-state index in [0.29, 0.717) is 11.6 Å². The van der Waals surface area contributed by atoms with Crippen LogP contribution in [0.15, 0.2) is 30.5 Å². The van der Waals surface area contributed by atoms with Gasteiger partial charge >= 0.3 is 0 Å². The molecule has 1 aromatic heterocycles. The molecule has 0 aliphatic heterocycles. The minimum absolute atomic E-state index is 0.262. The van der Waals surface area contributed by atoms with E-state index in [0.717, 1.165) is 36.2 Å². The third kappa shape index (κ3) is 4.26. The first-order valence-electron chi connectivity index (χ1n) is 7.20. The fourth-order valence-electron chi connectivity index (χ4n) is 2.06. The number of benzene rings is 1. The zero-order valence-corrected chi connectivity index (χ0v) is 12.7. The molecule has 0 spiro atoms. The molecule has 2 rings (SSSR count). The van der Waals surface area contributed by atoms with Gasteiger partial charge in [-0.1, -0.05) is 6.92 Å². The van der Waals surface area contributed by atoms with Gasteiger partial charge in [0.25, 0.3) is 0 Å². The monoisotopic (exact) mass is 288 g/mol. The largest absolute Gasteiger partial charge is 0.438 e. The fourth-order valence-corrected chi connectivity index (χ4v) is 2.06. The standard InChI is InChI=1S/C17H21FN2O/c1-4-7-19-10-14-8-13(3)17(20-11-14)21-16-6-5-15(18)9-12(16)2/h5-6,8-9,11,19H,4,7,10H2,1-3H3. The van der Waals surface area contributed by atoms with Gasteiger partial charge in [-0.2, -0.15) is 0 Å². The summed E-state index contributed by atoms with van der Waals surface area (Å²) in [4.78, 5) is 4.36. The van der Waals surface area contributed by atoms with Crippen molar-refractivity contribution in [1.82, 2.24) is 10.3 Å². The molecule has 0 amide bonds. The van der Waals surface area contributed by atoms with Gasteiger partial charge in [0.2, 0.25) is 5.88 Å². The molecule has 2 aromatic rings. The van der Waals surface area contributed by atoms with Crippen molar-refractivity contribution >= 4 is 0 Å². The summed E-state index contributed by atoms with van der Waals surface area (Å²) < 4.78 is 18.9. The second kappa shape index (κ2) is 7.18. The number of nitrogens with one attached hydrogen (secondary N) is 1. The topological polar surface area (TPSA) is 34.2 Å². The Bertz CT molecular complexity index is 614. The highest BCUT2D eigenvalue weighted by atomic mass is 19.1. The SMILES string of the molecule is CCCNCc1cnc(Oc2ccc(F)cc2C)c(C)c1. The van der Waals surface area contributed by atoms with Crippen molar-refractivity contribution in [2.45, 2.75) is 33.7 Å². The predicted molar refractivity (Wildman–Crippen MR) is 82.2 cm³/mol. The highest BCUT2D eigenvalue weighted by Crippen LogP contribution is 2.26. The summed E-state index contributed by atoms with van der Waals surface area (Å²) in [6.07, 6.45) is 2.92. The van der Waals surface area contributed by atoms with Crippen LogP contribution >= 0.6 is 0 Å². The van der Waals surface area contributed by atoms with Gasteiger partial charge in [0.05, 0.1) is 0 Å². The molecule has 0 aliphatic rings. The lowest BCUT2D eigenvalue weighted by molar-refractivity contribution is 0.453. The van der Waals surface area contributed by atoms with Crippen LogP contribution in [0.2, 0.25) is 0 Å². The Labute approximate surface area is 125 Å². The zero-order chi connectivity index (χ0) is 15.2. The van der Waals surface area contributed by atoms with E-state index in [4.69, 9.17) is 4.74 Å². The number of ether oxygens (including phenoxy) is 1. The molecular formula is C17H21FN2O. The van der Waals surface area contributed by atoms with E-state index in [-0.39, 0.29) is 5.82 Å². The van der Waals surface area contributed by atoms with Crippen molar-refractivity contribution in [3.05, 3.63) is 53.0 Å². The number of aryl methyl sites for hydroxylation is 2. The van der Waals surface area contributed by atoms with Crippen LogP contribution in [-0.4, -0.2) is 11.5 Å². The molecule has 0 aliphatic carbocycles. The molecule has 0 saturated carbocycles. The Kier molecular flexibility index (Phi) is 5.28. The first-order chi connectivity index (χ1) is 10.1. The molecular weight excluding hydrogens is 267 g/mol. The number of nitrogens with zero attached hydrogens (tertiary/aromatic N) is 1. The number of halogens is 1. The molecule has 0 unspecified atom stereocenters. The lowest BCUT2D eigenvalue weighted by Crippen LogP contribution is -2.14. The summed E-state index contributed by atoms with van der Waals surface area (Å²) in [6, 6.07) is 6.53. The van der Waals surface area contributed by atoms with Crippen LogP contribution in [0.3, 0.4) is 0 Å². The third-order valence-corrected chi connectivity index (χ3v) is 3.19. The second-order valence-electron chi connectivity index (χ2n) is 5.15. The van der Waals surface area contributed by atoms with Crippen LogP contribution in [0.1, 0.15) is 30.0 Å². The van der Waals surface area contributed by atoms with Crippen molar-refractivity contribution in [3.8, 4) is 11.6 Å². The maximum Gasteiger partial charge on any atom is 0.222 e. The smallest absolute Gasteiger partial charge is 0.222 e. The van der Waals surface area contributed by atoms with Crippen molar-refractivity contribution in [2.24, 2.45) is 0 Å². The van der Waals surface area contributed by atoms with E-state index in [9.17, 15) is 4.39 Å². The van der Waals surface area contributed by atoms with Crippen molar-refractivity contribution < 1.29 is 9.13 Å². The summed E-state index contributed by atoms with van der Waals surface area (Å²) in [6.45, 7) is 7.71. The average molecular weight is 288 g/mol. The molecule has 0 atom stereocenters. The Morgan fingerprint density at radius 3 is 2.67 bits per heavy atom. The summed E-state index contributed by atoms with van der Waals surface area (Å²) >= 11 is 0. The van der Waals surface area contributed by atoms with Gasteiger partial charge in [0, 0.05) is 18.3 Å². The fraction of sp³-hybridized carbons (Fsp3) is 0.353. The van der Waals surface area contributed by atoms with Gasteiger partial charge in [-0.05, 0) is 62.2 Å². The number of rotatable bonds is 6. The number of hydrogen-bond donors (Lipinski definition) is 1. The molecule has 4 heteroatoms. The second-order valence-corrected chi connectivity index (χ2v) is 5.15. The van der Waals surface area contributed by atoms with E-state index >= 15 is 0 Å². The normalized spacial score (nSPS) is 10.7. The third-order valence-electron chi connectivity index (χ3n) is 3.19. The minimum Gasteiger partial charge on any atom is -0.438 e. The molecule has 112 valence electrons. The molecule has 3 nitrogen and oxygen atoms in total. The molecule has 0 fully saturated rings. The maximum absolute atomic E-state index is 13.1. The summed E-state index contributed by atoms with van der Waals surface area (Å²) in [5.41, 5.74) is 2.85. The quantitative estimate of drug-likeness (QED) is 0.812.